The van der Waals surface area contributed by atoms with Crippen LogP contribution in [-0.2, 0) is 14.6 Å². The molecule has 0 atom stereocenters. The second-order valence-corrected chi connectivity index (χ2v) is 6.88. The van der Waals surface area contributed by atoms with E-state index in [1.807, 2.05) is 0 Å². The Labute approximate surface area is 196 Å². The van der Waals surface area contributed by atoms with Gasteiger partial charge >= 0.3 is 68.9 Å². The first kappa shape index (κ1) is 26.2. The van der Waals surface area contributed by atoms with E-state index in [-0.39, 0.29) is 75.5 Å². The van der Waals surface area contributed by atoms with E-state index in [0.29, 0.717) is 6.42 Å². The van der Waals surface area contributed by atoms with Crippen molar-refractivity contribution in [3.05, 3.63) is 0 Å². The molecular weight excluding hydrogens is 421 g/mol. The second-order valence-electron chi connectivity index (χ2n) is 5.83. The Kier molecular flexibility index (Phi) is 22.9. The van der Waals surface area contributed by atoms with Crippen LogP contribution in [0.3, 0.4) is 0 Å². The maximum absolute atomic E-state index is 10.2. The minimum Gasteiger partial charge on any atom is -0.726 e. The van der Waals surface area contributed by atoms with Gasteiger partial charge in [0.2, 0.25) is 10.4 Å². The third-order valence-electron chi connectivity index (χ3n) is 3.73. The summed E-state index contributed by atoms with van der Waals surface area (Å²) in [5.74, 6) is 0. The van der Waals surface area contributed by atoms with Gasteiger partial charge in [0.15, 0.2) is 0 Å². The molecule has 4 nitrogen and oxygen atoms in total. The number of hydrogen-bond donors (Lipinski definition) is 0. The summed E-state index contributed by atoms with van der Waals surface area (Å²) in [5.41, 5.74) is 0. The molecule has 0 rings (SSSR count). The van der Waals surface area contributed by atoms with E-state index in [1.165, 1.54) is 70.6 Å². The Hall–Kier alpha value is 1.92. The predicted molar refractivity (Wildman–Crippen MR) is 86.0 cm³/mol. The van der Waals surface area contributed by atoms with Gasteiger partial charge in [-0.15, -0.1) is 0 Å². The molecule has 0 aromatic carbocycles. The summed E-state index contributed by atoms with van der Waals surface area (Å²) in [6, 6.07) is 0. The van der Waals surface area contributed by atoms with Crippen LogP contribution >= 0.6 is 0 Å². The third kappa shape index (κ3) is 24.2. The maximum Gasteiger partial charge on any atom is 1.00 e. The topological polar surface area (TPSA) is 66.4 Å². The molecule has 0 aliphatic heterocycles. The van der Waals surface area contributed by atoms with Gasteiger partial charge in [-0.2, -0.15) is 0 Å². The number of unbranched alkanes of at least 4 members (excludes halogenated alkanes) is 13. The van der Waals surface area contributed by atoms with Crippen LogP contribution in [0.4, 0.5) is 0 Å². The van der Waals surface area contributed by atoms with Crippen molar-refractivity contribution in [3.8, 4) is 0 Å². The van der Waals surface area contributed by atoms with Gasteiger partial charge in [-0.3, -0.25) is 4.18 Å². The quantitative estimate of drug-likeness (QED) is 0.203. The van der Waals surface area contributed by atoms with Crippen molar-refractivity contribution < 1.29 is 86.0 Å². The summed E-state index contributed by atoms with van der Waals surface area (Å²) < 4.78 is 34.7. The molecule has 0 aromatic heterocycles. The van der Waals surface area contributed by atoms with Crippen molar-refractivity contribution in [2.45, 2.75) is 96.8 Å². The summed E-state index contributed by atoms with van der Waals surface area (Å²) in [7, 11) is -4.49. The van der Waals surface area contributed by atoms with Gasteiger partial charge in [0.05, 0.1) is 6.61 Å². The summed E-state index contributed by atoms with van der Waals surface area (Å²) in [5, 5.41) is 0. The second kappa shape index (κ2) is 19.2. The molecule has 0 aliphatic carbocycles. The predicted octanol–water partition coefficient (Wildman–Crippen LogP) is 1.95. The molecule has 0 saturated carbocycles. The van der Waals surface area contributed by atoms with Crippen LogP contribution in [0.5, 0.6) is 0 Å². The molecule has 0 saturated heterocycles. The molecule has 0 spiro atoms. The zero-order valence-corrected chi connectivity index (χ0v) is 21.7. The molecule has 6 heteroatoms. The summed E-state index contributed by atoms with van der Waals surface area (Å²) in [6.45, 7) is 2.28. The average Bonchev–Trinajstić information content (AvgIpc) is 2.42. The van der Waals surface area contributed by atoms with E-state index >= 15 is 0 Å². The first-order valence-electron chi connectivity index (χ1n) is 8.66. The van der Waals surface area contributed by atoms with E-state index < -0.39 is 10.4 Å². The molecule has 0 amide bonds. The van der Waals surface area contributed by atoms with Crippen LogP contribution in [-0.4, -0.2) is 19.6 Å². The molecular formula is C16H33CsO4S. The zero-order chi connectivity index (χ0) is 15.8. The first-order chi connectivity index (χ1) is 10.1. The molecule has 128 valence electrons. The monoisotopic (exact) mass is 454 g/mol. The van der Waals surface area contributed by atoms with Crippen LogP contribution in [0.2, 0.25) is 0 Å². The van der Waals surface area contributed by atoms with E-state index in [1.54, 1.807) is 0 Å². The van der Waals surface area contributed by atoms with E-state index in [2.05, 4.69) is 11.1 Å². The van der Waals surface area contributed by atoms with Gasteiger partial charge in [0, 0.05) is 0 Å². The normalized spacial score (nSPS) is 11.4. The van der Waals surface area contributed by atoms with Crippen molar-refractivity contribution in [1.82, 2.24) is 0 Å². The smallest absolute Gasteiger partial charge is 0.726 e. The molecule has 22 heavy (non-hydrogen) atoms. The van der Waals surface area contributed by atoms with Crippen molar-refractivity contribution >= 4 is 10.4 Å². The molecule has 0 N–H and O–H groups in total. The molecule has 0 bridgehead atoms. The SMILES string of the molecule is CCCCCCCCCCCCCCCCOS(=O)(=O)[O-].[Cs+]. The molecule has 0 aromatic rings. The summed E-state index contributed by atoms with van der Waals surface area (Å²) >= 11 is 0. The van der Waals surface area contributed by atoms with Gasteiger partial charge in [-0.25, -0.2) is 8.42 Å². The van der Waals surface area contributed by atoms with Crippen molar-refractivity contribution in [2.75, 3.05) is 6.61 Å². The standard InChI is InChI=1S/C16H34O4S.Cs/c1-2-3-4-5-6-7-8-9-10-11-12-13-14-15-16-20-21(17,18)19;/h2-16H2,1H3,(H,17,18,19);/q;+1/p-1. The van der Waals surface area contributed by atoms with Gasteiger partial charge < -0.3 is 4.55 Å². The Morgan fingerprint density at radius 1 is 0.682 bits per heavy atom. The minimum atomic E-state index is -4.49. The van der Waals surface area contributed by atoms with E-state index in [0.717, 1.165) is 12.8 Å². The van der Waals surface area contributed by atoms with Crippen LogP contribution < -0.4 is 68.9 Å². The largest absolute Gasteiger partial charge is 1.00 e. The maximum atomic E-state index is 10.2. The van der Waals surface area contributed by atoms with E-state index in [9.17, 15) is 13.0 Å². The Balaban J connectivity index is 0. The molecule has 0 heterocycles. The summed E-state index contributed by atoms with van der Waals surface area (Å²) in [6.07, 6.45) is 17.4. The zero-order valence-electron chi connectivity index (χ0n) is 14.6. The minimum absolute atomic E-state index is 0. The van der Waals surface area contributed by atoms with Gasteiger partial charge in [-0.1, -0.05) is 90.4 Å². The first-order valence-corrected chi connectivity index (χ1v) is 10.00. The van der Waals surface area contributed by atoms with E-state index in [4.69, 9.17) is 0 Å². The van der Waals surface area contributed by atoms with Crippen LogP contribution in [0.15, 0.2) is 0 Å². The molecule has 0 radical (unpaired) electrons. The Bertz CT molecular complexity index is 307. The fraction of sp³-hybridized carbons (Fsp3) is 1.00. The summed E-state index contributed by atoms with van der Waals surface area (Å²) in [4.78, 5) is 0. The fourth-order valence-electron chi connectivity index (χ4n) is 2.46. The number of rotatable bonds is 16. The van der Waals surface area contributed by atoms with Crippen LogP contribution in [0.1, 0.15) is 96.8 Å². The van der Waals surface area contributed by atoms with Crippen LogP contribution in [0.25, 0.3) is 0 Å². The van der Waals surface area contributed by atoms with Crippen molar-refractivity contribution in [1.29, 1.82) is 0 Å². The number of hydrogen-bond acceptors (Lipinski definition) is 4. The van der Waals surface area contributed by atoms with Gasteiger partial charge in [0.1, 0.15) is 0 Å². The average molecular weight is 454 g/mol. The third-order valence-corrected chi connectivity index (χ3v) is 4.18. The van der Waals surface area contributed by atoms with Crippen molar-refractivity contribution in [3.63, 3.8) is 0 Å². The Morgan fingerprint density at radius 3 is 1.32 bits per heavy atom. The molecule has 0 aliphatic rings. The van der Waals surface area contributed by atoms with Crippen molar-refractivity contribution in [2.24, 2.45) is 0 Å². The fourth-order valence-corrected chi connectivity index (χ4v) is 2.78. The molecule has 0 unspecified atom stereocenters. The van der Waals surface area contributed by atoms with Gasteiger partial charge in [0.25, 0.3) is 0 Å². The van der Waals surface area contributed by atoms with Gasteiger partial charge in [-0.05, 0) is 6.42 Å². The molecule has 0 fully saturated rings. The van der Waals surface area contributed by atoms with Crippen LogP contribution in [0, 0.1) is 0 Å². The Morgan fingerprint density at radius 2 is 1.00 bits per heavy atom.